The summed E-state index contributed by atoms with van der Waals surface area (Å²) in [5, 5.41) is 14.7. The van der Waals surface area contributed by atoms with Gasteiger partial charge in [0, 0.05) is 30.9 Å². The van der Waals surface area contributed by atoms with Crippen LogP contribution < -0.4 is 10.7 Å². The quantitative estimate of drug-likeness (QED) is 0.639. The summed E-state index contributed by atoms with van der Waals surface area (Å²) >= 11 is 0. The van der Waals surface area contributed by atoms with Crippen molar-refractivity contribution >= 4 is 11.5 Å². The number of nitrogens with zero attached hydrogens (tertiary/aromatic N) is 4. The van der Waals surface area contributed by atoms with Crippen molar-refractivity contribution in [1.29, 1.82) is 5.26 Å². The molecule has 1 aliphatic carbocycles. The van der Waals surface area contributed by atoms with E-state index in [9.17, 15) is 10.1 Å². The van der Waals surface area contributed by atoms with E-state index < -0.39 is 0 Å². The van der Waals surface area contributed by atoms with Crippen LogP contribution in [0.5, 0.6) is 0 Å². The number of nitriles is 1. The number of benzene rings is 1. The third kappa shape index (κ3) is 4.64. The molecule has 0 saturated heterocycles. The van der Waals surface area contributed by atoms with Gasteiger partial charge < -0.3 is 14.6 Å². The summed E-state index contributed by atoms with van der Waals surface area (Å²) in [6, 6.07) is 10.7. The van der Waals surface area contributed by atoms with Crippen LogP contribution in [0.15, 0.2) is 64.3 Å². The van der Waals surface area contributed by atoms with Gasteiger partial charge in [-0.2, -0.15) is 5.26 Å². The second-order valence-corrected chi connectivity index (χ2v) is 8.86. The fourth-order valence-corrected chi connectivity index (χ4v) is 4.58. The van der Waals surface area contributed by atoms with Crippen LogP contribution in [0, 0.1) is 11.3 Å². The van der Waals surface area contributed by atoms with Crippen molar-refractivity contribution in [3.63, 3.8) is 0 Å². The van der Waals surface area contributed by atoms with Gasteiger partial charge in [0.2, 0.25) is 0 Å². The Morgan fingerprint density at radius 2 is 2.18 bits per heavy atom. The zero-order valence-corrected chi connectivity index (χ0v) is 18.8. The molecule has 33 heavy (non-hydrogen) atoms. The molecule has 0 bridgehead atoms. The number of carbonyl (C=O) groups excluding carboxylic acids is 1. The zero-order valence-electron chi connectivity index (χ0n) is 18.8. The lowest BCUT2D eigenvalue weighted by Crippen LogP contribution is -2.46. The first kappa shape index (κ1) is 21.3. The molecule has 0 spiro atoms. The van der Waals surface area contributed by atoms with Crippen molar-refractivity contribution in [3.05, 3.63) is 59.9 Å². The molecule has 0 amide bonds. The van der Waals surface area contributed by atoms with E-state index in [0.29, 0.717) is 32.0 Å². The molecule has 0 radical (unpaired) electrons. The van der Waals surface area contributed by atoms with E-state index in [0.717, 1.165) is 42.1 Å². The second-order valence-electron chi connectivity index (χ2n) is 8.86. The number of hydrogen-bond donors (Lipinski definition) is 2. The Bertz CT molecular complexity index is 1110. The van der Waals surface area contributed by atoms with Gasteiger partial charge in [0.15, 0.2) is 12.2 Å². The third-order valence-corrected chi connectivity index (χ3v) is 6.47. The predicted octanol–water partition coefficient (Wildman–Crippen LogP) is 3.45. The highest BCUT2D eigenvalue weighted by molar-refractivity contribution is 5.82. The minimum atomic E-state index is -0.146. The molecule has 3 aliphatic rings. The smallest absolute Gasteiger partial charge is 0.181 e. The molecule has 2 aliphatic heterocycles. The summed E-state index contributed by atoms with van der Waals surface area (Å²) in [7, 11) is 0. The van der Waals surface area contributed by atoms with Crippen molar-refractivity contribution in [3.8, 4) is 17.4 Å². The maximum absolute atomic E-state index is 12.1. The standard InChI is InChI=1S/C25H28N6O2/c1-17(32)23-11-22-19(12-28-23)14-30(15-24(22)31(10-2-9-26)21-7-8-21)29-20-5-3-18(4-6-20)25-13-27-16-33-25/h3-6,13,15-16,21,23,28-29H,2,7-8,10-12,14H2,1H3. The van der Waals surface area contributed by atoms with Crippen molar-refractivity contribution < 1.29 is 9.21 Å². The van der Waals surface area contributed by atoms with E-state index in [1.165, 1.54) is 17.5 Å². The SMILES string of the molecule is CC(=O)C1CC2=C(CN1)CN(Nc1ccc(-c3cnco3)cc1)C=C2N(CCC#N)C1CC1. The fourth-order valence-electron chi connectivity index (χ4n) is 4.58. The number of aromatic nitrogens is 1. The molecule has 5 rings (SSSR count). The van der Waals surface area contributed by atoms with Crippen LogP contribution in [0.2, 0.25) is 0 Å². The number of rotatable bonds is 8. The van der Waals surface area contributed by atoms with Crippen LogP contribution >= 0.6 is 0 Å². The van der Waals surface area contributed by atoms with E-state index in [-0.39, 0.29) is 11.8 Å². The number of Topliss-reactive ketones (excluding diaryl/α,β-unsaturated/α-hetero) is 1. The Hall–Kier alpha value is -3.57. The van der Waals surface area contributed by atoms with Gasteiger partial charge in [0.1, 0.15) is 5.78 Å². The Labute approximate surface area is 193 Å². The Morgan fingerprint density at radius 1 is 1.36 bits per heavy atom. The lowest BCUT2D eigenvalue weighted by Gasteiger charge is -2.40. The maximum atomic E-state index is 12.1. The maximum Gasteiger partial charge on any atom is 0.181 e. The first-order valence-electron chi connectivity index (χ1n) is 11.4. The Balaban J connectivity index is 1.40. The molecule has 8 nitrogen and oxygen atoms in total. The molecule has 1 aromatic heterocycles. The Morgan fingerprint density at radius 3 is 2.85 bits per heavy atom. The molecule has 1 aromatic carbocycles. The average Bonchev–Trinajstić information content (AvgIpc) is 3.51. The zero-order chi connectivity index (χ0) is 22.8. The molecule has 2 N–H and O–H groups in total. The summed E-state index contributed by atoms with van der Waals surface area (Å²) < 4.78 is 5.38. The molecule has 1 fully saturated rings. The summed E-state index contributed by atoms with van der Waals surface area (Å²) in [5.41, 5.74) is 9.15. The van der Waals surface area contributed by atoms with Crippen molar-refractivity contribution in [2.45, 2.75) is 44.7 Å². The van der Waals surface area contributed by atoms with Gasteiger partial charge in [-0.25, -0.2) is 4.98 Å². The lowest BCUT2D eigenvalue weighted by atomic mass is 9.89. The van der Waals surface area contributed by atoms with Crippen molar-refractivity contribution in [2.24, 2.45) is 0 Å². The van der Waals surface area contributed by atoms with Gasteiger partial charge in [0.05, 0.1) is 42.7 Å². The minimum absolute atomic E-state index is 0.146. The van der Waals surface area contributed by atoms with Gasteiger partial charge in [-0.15, -0.1) is 0 Å². The van der Waals surface area contributed by atoms with Crippen LogP contribution in [0.4, 0.5) is 5.69 Å². The first-order chi connectivity index (χ1) is 16.1. The van der Waals surface area contributed by atoms with Crippen LogP contribution in [-0.4, -0.2) is 52.4 Å². The molecule has 2 aromatic rings. The lowest BCUT2D eigenvalue weighted by molar-refractivity contribution is -0.119. The Kier molecular flexibility index (Phi) is 5.88. The highest BCUT2D eigenvalue weighted by Crippen LogP contribution is 2.38. The molecule has 1 unspecified atom stereocenters. The fraction of sp³-hybridized carbons (Fsp3) is 0.400. The molecule has 170 valence electrons. The van der Waals surface area contributed by atoms with Crippen molar-refractivity contribution in [1.82, 2.24) is 20.2 Å². The van der Waals surface area contributed by atoms with E-state index in [2.05, 4.69) is 37.9 Å². The number of allylic oxidation sites excluding steroid dienone is 1. The number of hydrazine groups is 1. The van der Waals surface area contributed by atoms with Crippen LogP contribution in [0.1, 0.15) is 32.6 Å². The normalized spacial score (nSPS) is 20.1. The van der Waals surface area contributed by atoms with E-state index in [1.807, 2.05) is 24.3 Å². The van der Waals surface area contributed by atoms with E-state index in [1.54, 1.807) is 13.1 Å². The third-order valence-electron chi connectivity index (χ3n) is 6.47. The number of hydrogen-bond acceptors (Lipinski definition) is 8. The van der Waals surface area contributed by atoms with E-state index in [4.69, 9.17) is 4.42 Å². The highest BCUT2D eigenvalue weighted by Gasteiger charge is 2.36. The number of oxazole rings is 1. The molecule has 1 saturated carbocycles. The van der Waals surface area contributed by atoms with Gasteiger partial charge in [-0.05, 0) is 61.6 Å². The number of anilines is 1. The summed E-state index contributed by atoms with van der Waals surface area (Å²) in [5.74, 6) is 0.908. The molecular weight excluding hydrogens is 416 g/mol. The topological polar surface area (TPSA) is 97.4 Å². The van der Waals surface area contributed by atoms with Crippen LogP contribution in [0.25, 0.3) is 11.3 Å². The number of carbonyl (C=O) groups is 1. The number of nitrogens with one attached hydrogen (secondary N) is 2. The van der Waals surface area contributed by atoms with Gasteiger partial charge in [0.25, 0.3) is 0 Å². The average molecular weight is 445 g/mol. The minimum Gasteiger partial charge on any atom is -0.444 e. The number of ketones is 1. The summed E-state index contributed by atoms with van der Waals surface area (Å²) in [6.07, 6.45) is 8.77. The molecule has 8 heteroatoms. The van der Waals surface area contributed by atoms with Crippen molar-refractivity contribution in [2.75, 3.05) is 25.1 Å². The second kappa shape index (κ2) is 9.12. The molecule has 1 atom stereocenters. The summed E-state index contributed by atoms with van der Waals surface area (Å²) in [4.78, 5) is 18.4. The largest absolute Gasteiger partial charge is 0.444 e. The first-order valence-corrected chi connectivity index (χ1v) is 11.4. The molecular formula is C25H28N6O2. The summed E-state index contributed by atoms with van der Waals surface area (Å²) in [6.45, 7) is 3.79. The monoisotopic (exact) mass is 444 g/mol. The van der Waals surface area contributed by atoms with Gasteiger partial charge >= 0.3 is 0 Å². The predicted molar refractivity (Wildman–Crippen MR) is 124 cm³/mol. The molecule has 3 heterocycles. The van der Waals surface area contributed by atoms with Gasteiger partial charge in [-0.1, -0.05) is 0 Å². The van der Waals surface area contributed by atoms with E-state index >= 15 is 0 Å². The van der Waals surface area contributed by atoms with Crippen LogP contribution in [-0.2, 0) is 4.79 Å². The van der Waals surface area contributed by atoms with Gasteiger partial charge in [-0.3, -0.25) is 15.2 Å². The highest BCUT2D eigenvalue weighted by atomic mass is 16.3. The van der Waals surface area contributed by atoms with Crippen LogP contribution in [0.3, 0.4) is 0 Å².